The van der Waals surface area contributed by atoms with Gasteiger partial charge in [-0.1, -0.05) is 88.4 Å². The van der Waals surface area contributed by atoms with Crippen LogP contribution in [-0.2, 0) is 22.6 Å². The van der Waals surface area contributed by atoms with Crippen molar-refractivity contribution in [2.24, 2.45) is 5.92 Å². The monoisotopic (exact) mass is 578 g/mol. The van der Waals surface area contributed by atoms with Crippen LogP contribution < -0.4 is 10.1 Å². The van der Waals surface area contributed by atoms with Crippen molar-refractivity contribution in [1.29, 1.82) is 0 Å². The first kappa shape index (κ1) is 29.4. The number of amides is 2. The van der Waals surface area contributed by atoms with Crippen LogP contribution >= 0.6 is 15.9 Å². The fourth-order valence-corrected chi connectivity index (χ4v) is 4.67. The van der Waals surface area contributed by atoms with Gasteiger partial charge in [0.2, 0.25) is 5.91 Å². The summed E-state index contributed by atoms with van der Waals surface area (Å²) in [5.74, 6) is 0.879. The van der Waals surface area contributed by atoms with Crippen LogP contribution in [0.2, 0.25) is 0 Å². The average Bonchev–Trinajstić information content (AvgIpc) is 2.89. The van der Waals surface area contributed by atoms with Crippen molar-refractivity contribution in [3.05, 3.63) is 99.5 Å². The Hall–Kier alpha value is -3.12. The molecular formula is C32H39BrN2O3. The molecule has 0 spiro atoms. The van der Waals surface area contributed by atoms with Crippen LogP contribution in [0.1, 0.15) is 55.9 Å². The lowest BCUT2D eigenvalue weighted by Crippen LogP contribution is -2.52. The Balaban J connectivity index is 1.91. The highest BCUT2D eigenvalue weighted by Gasteiger charge is 2.31. The van der Waals surface area contributed by atoms with Crippen LogP contribution in [0.25, 0.3) is 0 Å². The summed E-state index contributed by atoms with van der Waals surface area (Å²) in [5, 5.41) is 3.06. The maximum absolute atomic E-state index is 13.8. The summed E-state index contributed by atoms with van der Waals surface area (Å²) in [4.78, 5) is 29.0. The molecule has 1 N–H and O–H groups in total. The molecule has 3 rings (SSSR count). The smallest absolute Gasteiger partial charge is 0.261 e. The van der Waals surface area contributed by atoms with Crippen molar-refractivity contribution in [3.63, 3.8) is 0 Å². The second-order valence-corrected chi connectivity index (χ2v) is 11.3. The number of nitrogens with one attached hydrogen (secondary N) is 1. The molecule has 0 fully saturated rings. The molecule has 0 bridgehead atoms. The van der Waals surface area contributed by atoms with Crippen LogP contribution in [0, 0.1) is 12.8 Å². The van der Waals surface area contributed by atoms with E-state index in [4.69, 9.17) is 4.74 Å². The highest BCUT2D eigenvalue weighted by Crippen LogP contribution is 2.29. The van der Waals surface area contributed by atoms with Gasteiger partial charge in [-0.3, -0.25) is 9.59 Å². The predicted molar refractivity (Wildman–Crippen MR) is 157 cm³/mol. The quantitative estimate of drug-likeness (QED) is 0.261. The van der Waals surface area contributed by atoms with E-state index in [2.05, 4.69) is 48.9 Å². The topological polar surface area (TPSA) is 58.6 Å². The molecule has 0 heterocycles. The molecule has 1 unspecified atom stereocenters. The van der Waals surface area contributed by atoms with Gasteiger partial charge in [-0.15, -0.1) is 0 Å². The summed E-state index contributed by atoms with van der Waals surface area (Å²) >= 11 is 3.58. The molecule has 0 saturated carbocycles. The summed E-state index contributed by atoms with van der Waals surface area (Å²) in [6, 6.07) is 23.0. The Morgan fingerprint density at radius 1 is 0.947 bits per heavy atom. The number of carbonyl (C=O) groups is 2. The molecule has 202 valence electrons. The summed E-state index contributed by atoms with van der Waals surface area (Å²) in [6.07, 6.45) is 0.412. The van der Waals surface area contributed by atoms with Crippen molar-refractivity contribution in [3.8, 4) is 5.75 Å². The molecule has 0 saturated heterocycles. The number of carbonyl (C=O) groups excluding carboxylic acids is 2. The molecule has 0 aliphatic carbocycles. The fourth-order valence-electron chi connectivity index (χ4n) is 4.16. The number of ether oxygens (including phenoxy) is 1. The Kier molecular flexibility index (Phi) is 11.0. The van der Waals surface area contributed by atoms with Gasteiger partial charge >= 0.3 is 0 Å². The number of hydrogen-bond acceptors (Lipinski definition) is 3. The maximum atomic E-state index is 13.8. The number of aryl methyl sites for hydroxylation is 1. The van der Waals surface area contributed by atoms with E-state index in [-0.39, 0.29) is 18.4 Å². The standard InChI is InChI=1S/C32H39BrN2O3/c1-22(2)19-34-32(37)29(17-25-12-7-6-8-13-25)35(20-27-14-10-9-11-24(27)5)31(36)21-38-30-16-15-26(23(3)4)18-28(30)33/h6-16,18,22-23,29H,17,19-21H2,1-5H3,(H,34,37). The van der Waals surface area contributed by atoms with Crippen LogP contribution in [0.3, 0.4) is 0 Å². The van der Waals surface area contributed by atoms with E-state index in [1.807, 2.05) is 79.7 Å². The van der Waals surface area contributed by atoms with E-state index in [1.165, 1.54) is 5.56 Å². The van der Waals surface area contributed by atoms with Gasteiger partial charge in [0.05, 0.1) is 4.47 Å². The van der Waals surface area contributed by atoms with Gasteiger partial charge in [0, 0.05) is 19.5 Å². The number of benzene rings is 3. The Labute approximate surface area is 235 Å². The zero-order valence-electron chi connectivity index (χ0n) is 23.0. The third-order valence-corrected chi connectivity index (χ3v) is 7.15. The van der Waals surface area contributed by atoms with Crippen LogP contribution in [0.4, 0.5) is 0 Å². The van der Waals surface area contributed by atoms with Crippen molar-refractivity contribution >= 4 is 27.7 Å². The SMILES string of the molecule is Cc1ccccc1CN(C(=O)COc1ccc(C(C)C)cc1Br)C(Cc1ccccc1)C(=O)NCC(C)C. The molecule has 38 heavy (non-hydrogen) atoms. The van der Waals surface area contributed by atoms with Gasteiger partial charge in [-0.2, -0.15) is 0 Å². The molecule has 0 aliphatic heterocycles. The van der Waals surface area contributed by atoms with E-state index in [9.17, 15) is 9.59 Å². The minimum Gasteiger partial charge on any atom is -0.483 e. The van der Waals surface area contributed by atoms with Crippen molar-refractivity contribution in [1.82, 2.24) is 10.2 Å². The lowest BCUT2D eigenvalue weighted by Gasteiger charge is -2.32. The third-order valence-electron chi connectivity index (χ3n) is 6.53. The Bertz CT molecular complexity index is 1210. The highest BCUT2D eigenvalue weighted by molar-refractivity contribution is 9.10. The van der Waals surface area contributed by atoms with Crippen LogP contribution in [0.5, 0.6) is 5.75 Å². The minimum absolute atomic E-state index is 0.160. The second kappa shape index (κ2) is 14.1. The summed E-state index contributed by atoms with van der Waals surface area (Å²) in [6.45, 7) is 11.1. The van der Waals surface area contributed by atoms with Gasteiger partial charge in [-0.05, 0) is 69.1 Å². The minimum atomic E-state index is -0.682. The van der Waals surface area contributed by atoms with E-state index in [0.29, 0.717) is 37.1 Å². The molecule has 6 heteroatoms. The molecule has 0 radical (unpaired) electrons. The highest BCUT2D eigenvalue weighted by atomic mass is 79.9. The van der Waals surface area contributed by atoms with E-state index in [0.717, 1.165) is 21.2 Å². The number of rotatable bonds is 12. The fraction of sp³-hybridized carbons (Fsp3) is 0.375. The number of hydrogen-bond donors (Lipinski definition) is 1. The number of nitrogens with zero attached hydrogens (tertiary/aromatic N) is 1. The van der Waals surface area contributed by atoms with Crippen molar-refractivity contribution < 1.29 is 14.3 Å². The first-order chi connectivity index (χ1) is 18.2. The third kappa shape index (κ3) is 8.45. The van der Waals surface area contributed by atoms with Gasteiger partial charge in [0.1, 0.15) is 11.8 Å². The summed E-state index contributed by atoms with van der Waals surface area (Å²) in [7, 11) is 0. The van der Waals surface area contributed by atoms with Crippen molar-refractivity contribution in [2.45, 2.75) is 59.5 Å². The zero-order chi connectivity index (χ0) is 27.7. The van der Waals surface area contributed by atoms with Gasteiger partial charge in [-0.25, -0.2) is 0 Å². The molecule has 3 aromatic carbocycles. The normalized spacial score (nSPS) is 11.9. The molecule has 3 aromatic rings. The second-order valence-electron chi connectivity index (χ2n) is 10.4. The van der Waals surface area contributed by atoms with Gasteiger partial charge in [0.15, 0.2) is 6.61 Å². The van der Waals surface area contributed by atoms with E-state index >= 15 is 0 Å². The first-order valence-corrected chi connectivity index (χ1v) is 14.0. The van der Waals surface area contributed by atoms with E-state index in [1.54, 1.807) is 4.90 Å². The molecule has 0 aliphatic rings. The molecular weight excluding hydrogens is 540 g/mol. The van der Waals surface area contributed by atoms with Crippen LogP contribution in [0.15, 0.2) is 77.3 Å². The van der Waals surface area contributed by atoms with Gasteiger partial charge in [0.25, 0.3) is 5.91 Å². The predicted octanol–water partition coefficient (Wildman–Crippen LogP) is 6.67. The molecule has 0 aromatic heterocycles. The summed E-state index contributed by atoms with van der Waals surface area (Å²) < 4.78 is 6.79. The molecule has 5 nitrogen and oxygen atoms in total. The lowest BCUT2D eigenvalue weighted by atomic mass is 10.0. The molecule has 1 atom stereocenters. The van der Waals surface area contributed by atoms with Crippen molar-refractivity contribution in [2.75, 3.05) is 13.2 Å². The lowest BCUT2D eigenvalue weighted by molar-refractivity contribution is -0.142. The Morgan fingerprint density at radius 3 is 2.26 bits per heavy atom. The van der Waals surface area contributed by atoms with Gasteiger partial charge < -0.3 is 15.0 Å². The molecule has 2 amide bonds. The largest absolute Gasteiger partial charge is 0.483 e. The first-order valence-electron chi connectivity index (χ1n) is 13.2. The summed E-state index contributed by atoms with van der Waals surface area (Å²) in [5.41, 5.74) is 4.24. The number of halogens is 1. The average molecular weight is 580 g/mol. The van der Waals surface area contributed by atoms with E-state index < -0.39 is 6.04 Å². The Morgan fingerprint density at radius 2 is 1.63 bits per heavy atom. The van der Waals surface area contributed by atoms with Crippen LogP contribution in [-0.4, -0.2) is 35.9 Å². The zero-order valence-corrected chi connectivity index (χ0v) is 24.6. The maximum Gasteiger partial charge on any atom is 0.261 e.